The van der Waals surface area contributed by atoms with Gasteiger partial charge in [0, 0.05) is 58.9 Å². The van der Waals surface area contributed by atoms with E-state index >= 15 is 0 Å². The molecule has 2 aliphatic rings. The maximum atomic E-state index is 12.7. The van der Waals surface area contributed by atoms with Crippen LogP contribution in [0.3, 0.4) is 0 Å². The van der Waals surface area contributed by atoms with E-state index in [1.807, 2.05) is 18.7 Å². The molecule has 0 N–H and O–H groups in total. The molecular formula is C21H31N5O2S. The lowest BCUT2D eigenvalue weighted by molar-refractivity contribution is -0.134. The van der Waals surface area contributed by atoms with Gasteiger partial charge in [-0.25, -0.2) is 4.98 Å². The Morgan fingerprint density at radius 3 is 2.28 bits per heavy atom. The molecule has 29 heavy (non-hydrogen) atoms. The first-order valence-electron chi connectivity index (χ1n) is 10.5. The van der Waals surface area contributed by atoms with Crippen molar-refractivity contribution < 1.29 is 9.21 Å². The van der Waals surface area contributed by atoms with Gasteiger partial charge in [-0.2, -0.15) is 11.3 Å². The molecule has 2 aromatic heterocycles. The van der Waals surface area contributed by atoms with Crippen molar-refractivity contribution in [3.8, 4) is 0 Å². The normalized spacial score (nSPS) is 19.7. The van der Waals surface area contributed by atoms with Crippen LogP contribution in [0.1, 0.15) is 22.9 Å². The average molecular weight is 418 g/mol. The summed E-state index contributed by atoms with van der Waals surface area (Å²) in [4.78, 5) is 26.3. The van der Waals surface area contributed by atoms with E-state index in [4.69, 9.17) is 4.42 Å². The van der Waals surface area contributed by atoms with E-state index < -0.39 is 0 Å². The summed E-state index contributed by atoms with van der Waals surface area (Å²) in [5.74, 6) is 1.97. The highest BCUT2D eigenvalue weighted by Gasteiger charge is 2.25. The van der Waals surface area contributed by atoms with E-state index in [2.05, 4.69) is 36.5 Å². The van der Waals surface area contributed by atoms with E-state index in [1.54, 1.807) is 11.3 Å². The van der Waals surface area contributed by atoms with Gasteiger partial charge in [0.2, 0.25) is 11.8 Å². The molecule has 8 heteroatoms. The van der Waals surface area contributed by atoms with Crippen LogP contribution in [0, 0.1) is 13.8 Å². The van der Waals surface area contributed by atoms with Crippen LogP contribution in [0.25, 0.3) is 0 Å². The number of carbonyl (C=O) groups excluding carboxylic acids is 1. The van der Waals surface area contributed by atoms with Crippen LogP contribution in [0.5, 0.6) is 0 Å². The molecule has 0 atom stereocenters. The SMILES string of the molecule is Cc1nc(CN2CCN(CC(=O)N3CCN(Cc4ccsc4)CC3)CC2)oc1C. The molecule has 0 unspecified atom stereocenters. The Morgan fingerprint density at radius 2 is 1.66 bits per heavy atom. The molecule has 7 nitrogen and oxygen atoms in total. The Labute approximate surface area is 176 Å². The largest absolute Gasteiger partial charge is 0.444 e. The number of aryl methyl sites for hydroxylation is 2. The number of rotatable bonds is 6. The molecule has 158 valence electrons. The van der Waals surface area contributed by atoms with Gasteiger partial charge in [0.25, 0.3) is 0 Å². The molecule has 0 saturated carbocycles. The van der Waals surface area contributed by atoms with Crippen LogP contribution in [-0.4, -0.2) is 89.4 Å². The predicted octanol–water partition coefficient (Wildman–Crippen LogP) is 1.81. The smallest absolute Gasteiger partial charge is 0.236 e. The fourth-order valence-corrected chi connectivity index (χ4v) is 4.65. The van der Waals surface area contributed by atoms with Crippen LogP contribution >= 0.6 is 11.3 Å². The van der Waals surface area contributed by atoms with Crippen molar-refractivity contribution in [3.05, 3.63) is 39.7 Å². The lowest BCUT2D eigenvalue weighted by Gasteiger charge is -2.37. The third-order valence-electron chi connectivity index (χ3n) is 5.97. The third-order valence-corrected chi connectivity index (χ3v) is 6.70. The van der Waals surface area contributed by atoms with Crippen LogP contribution in [-0.2, 0) is 17.9 Å². The van der Waals surface area contributed by atoms with Gasteiger partial charge in [-0.3, -0.25) is 19.5 Å². The first-order valence-corrected chi connectivity index (χ1v) is 11.4. The zero-order chi connectivity index (χ0) is 20.2. The Morgan fingerprint density at radius 1 is 1.00 bits per heavy atom. The van der Waals surface area contributed by atoms with Crippen LogP contribution in [0.15, 0.2) is 21.2 Å². The molecular weight excluding hydrogens is 386 g/mol. The number of aromatic nitrogens is 1. The summed E-state index contributed by atoms with van der Waals surface area (Å²) in [7, 11) is 0. The summed E-state index contributed by atoms with van der Waals surface area (Å²) in [6, 6.07) is 2.19. The van der Waals surface area contributed by atoms with E-state index in [9.17, 15) is 4.79 Å². The Kier molecular flexibility index (Phi) is 6.64. The minimum atomic E-state index is 0.271. The van der Waals surface area contributed by atoms with E-state index in [0.717, 1.165) is 82.8 Å². The van der Waals surface area contributed by atoms with Gasteiger partial charge in [-0.1, -0.05) is 0 Å². The number of amides is 1. The minimum absolute atomic E-state index is 0.271. The Balaban J connectivity index is 1.16. The maximum absolute atomic E-state index is 12.7. The molecule has 0 aliphatic carbocycles. The van der Waals surface area contributed by atoms with Crippen molar-refractivity contribution >= 4 is 17.2 Å². The second kappa shape index (κ2) is 9.38. The van der Waals surface area contributed by atoms with Crippen molar-refractivity contribution in [2.24, 2.45) is 0 Å². The summed E-state index contributed by atoms with van der Waals surface area (Å²) in [5, 5.41) is 4.34. The Bertz CT molecular complexity index is 771. The minimum Gasteiger partial charge on any atom is -0.444 e. The molecule has 2 saturated heterocycles. The van der Waals surface area contributed by atoms with Crippen molar-refractivity contribution in [3.63, 3.8) is 0 Å². The fourth-order valence-electron chi connectivity index (χ4n) is 3.99. The van der Waals surface area contributed by atoms with Crippen molar-refractivity contribution in [2.45, 2.75) is 26.9 Å². The van der Waals surface area contributed by atoms with Crippen molar-refractivity contribution in [1.29, 1.82) is 0 Å². The molecule has 4 heterocycles. The molecule has 0 radical (unpaired) electrons. The third kappa shape index (κ3) is 5.45. The summed E-state index contributed by atoms with van der Waals surface area (Å²) in [5.41, 5.74) is 2.35. The monoisotopic (exact) mass is 417 g/mol. The zero-order valence-electron chi connectivity index (χ0n) is 17.5. The highest BCUT2D eigenvalue weighted by atomic mass is 32.1. The first kappa shape index (κ1) is 20.5. The molecule has 0 spiro atoms. The highest BCUT2D eigenvalue weighted by Crippen LogP contribution is 2.14. The quantitative estimate of drug-likeness (QED) is 0.715. The topological polar surface area (TPSA) is 56.1 Å². The van der Waals surface area contributed by atoms with E-state index in [0.29, 0.717) is 6.54 Å². The summed E-state index contributed by atoms with van der Waals surface area (Å²) in [6.07, 6.45) is 0. The van der Waals surface area contributed by atoms with Gasteiger partial charge in [0.15, 0.2) is 0 Å². The number of thiophene rings is 1. The first-order chi connectivity index (χ1) is 14.1. The van der Waals surface area contributed by atoms with Crippen LogP contribution in [0.4, 0.5) is 0 Å². The number of nitrogens with zero attached hydrogens (tertiary/aromatic N) is 5. The molecule has 1 amide bonds. The average Bonchev–Trinajstić information content (AvgIpc) is 3.33. The summed E-state index contributed by atoms with van der Waals surface area (Å²) in [6.45, 7) is 13.6. The van der Waals surface area contributed by atoms with E-state index in [-0.39, 0.29) is 5.91 Å². The zero-order valence-corrected chi connectivity index (χ0v) is 18.3. The fraction of sp³-hybridized carbons (Fsp3) is 0.619. The van der Waals surface area contributed by atoms with Gasteiger partial charge in [0.1, 0.15) is 5.76 Å². The highest BCUT2D eigenvalue weighted by molar-refractivity contribution is 7.07. The summed E-state index contributed by atoms with van der Waals surface area (Å²) >= 11 is 1.75. The standard InChI is InChI=1S/C21H31N5O2S/c1-17-18(2)28-20(22-17)14-24-4-6-25(7-5-24)15-21(27)26-10-8-23(9-11-26)13-19-3-12-29-16-19/h3,12,16H,4-11,13-15H2,1-2H3. The van der Waals surface area contributed by atoms with Gasteiger partial charge in [0.05, 0.1) is 18.8 Å². The molecule has 2 aliphatic heterocycles. The van der Waals surface area contributed by atoms with Crippen molar-refractivity contribution in [1.82, 2.24) is 24.6 Å². The molecule has 2 fully saturated rings. The van der Waals surface area contributed by atoms with E-state index in [1.165, 1.54) is 5.56 Å². The van der Waals surface area contributed by atoms with Gasteiger partial charge < -0.3 is 9.32 Å². The molecule has 0 aromatic carbocycles. The lowest BCUT2D eigenvalue weighted by atomic mass is 10.2. The van der Waals surface area contributed by atoms with Crippen LogP contribution in [0.2, 0.25) is 0 Å². The van der Waals surface area contributed by atoms with Gasteiger partial charge in [-0.15, -0.1) is 0 Å². The predicted molar refractivity (Wildman–Crippen MR) is 114 cm³/mol. The number of piperazine rings is 2. The van der Waals surface area contributed by atoms with Crippen molar-refractivity contribution in [2.75, 3.05) is 58.9 Å². The second-order valence-electron chi connectivity index (χ2n) is 8.09. The number of oxazole rings is 1. The van der Waals surface area contributed by atoms with Gasteiger partial charge in [-0.05, 0) is 36.2 Å². The number of carbonyl (C=O) groups is 1. The molecule has 2 aromatic rings. The number of hydrogen-bond donors (Lipinski definition) is 0. The maximum Gasteiger partial charge on any atom is 0.236 e. The lowest BCUT2D eigenvalue weighted by Crippen LogP contribution is -2.53. The number of hydrogen-bond acceptors (Lipinski definition) is 7. The summed E-state index contributed by atoms with van der Waals surface area (Å²) < 4.78 is 5.70. The van der Waals surface area contributed by atoms with Gasteiger partial charge >= 0.3 is 0 Å². The van der Waals surface area contributed by atoms with Crippen LogP contribution < -0.4 is 0 Å². The molecule has 4 rings (SSSR count). The Hall–Kier alpha value is -1.74. The second-order valence-corrected chi connectivity index (χ2v) is 8.87. The molecule has 0 bridgehead atoms.